The van der Waals surface area contributed by atoms with Crippen LogP contribution in [0.15, 0.2) is 88.8 Å². The molecular formula is C23H16F3N3O2S. The fraction of sp³-hybridized carbons (Fsp3) is 0.0870. The predicted molar refractivity (Wildman–Crippen MR) is 117 cm³/mol. The van der Waals surface area contributed by atoms with Crippen LogP contribution in [0.3, 0.4) is 0 Å². The maximum atomic E-state index is 13.1. The van der Waals surface area contributed by atoms with E-state index in [9.17, 15) is 22.8 Å². The first-order valence-electron chi connectivity index (χ1n) is 9.50. The number of carbonyl (C=O) groups excluding carboxylic acids is 1. The van der Waals surface area contributed by atoms with Gasteiger partial charge < -0.3 is 10.3 Å². The molecule has 4 rings (SSSR count). The van der Waals surface area contributed by atoms with Gasteiger partial charge in [-0.3, -0.25) is 9.59 Å². The van der Waals surface area contributed by atoms with Crippen LogP contribution in [0.5, 0.6) is 0 Å². The lowest BCUT2D eigenvalue weighted by Crippen LogP contribution is -2.20. The molecule has 3 aromatic carbocycles. The number of nitrogens with zero attached hydrogens (tertiary/aromatic N) is 1. The molecule has 0 aliphatic carbocycles. The van der Waals surface area contributed by atoms with Gasteiger partial charge in [0.2, 0.25) is 5.91 Å². The van der Waals surface area contributed by atoms with Crippen molar-refractivity contribution in [3.63, 3.8) is 0 Å². The molecule has 0 saturated carbocycles. The largest absolute Gasteiger partial charge is 0.416 e. The van der Waals surface area contributed by atoms with Crippen LogP contribution in [0.2, 0.25) is 0 Å². The van der Waals surface area contributed by atoms with Crippen molar-refractivity contribution < 1.29 is 18.0 Å². The second kappa shape index (κ2) is 8.88. The Morgan fingerprint density at radius 1 is 0.969 bits per heavy atom. The molecule has 0 fully saturated rings. The first-order chi connectivity index (χ1) is 15.3. The summed E-state index contributed by atoms with van der Waals surface area (Å²) in [6.07, 6.45) is -4.52. The normalized spacial score (nSPS) is 12.5. The number of benzene rings is 3. The third kappa shape index (κ3) is 4.83. The number of carbonyl (C=O) groups is 1. The summed E-state index contributed by atoms with van der Waals surface area (Å²) in [6.45, 7) is 0. The van der Waals surface area contributed by atoms with E-state index in [-0.39, 0.29) is 16.4 Å². The number of hydrogen-bond donors (Lipinski definition) is 2. The van der Waals surface area contributed by atoms with Crippen LogP contribution >= 0.6 is 11.8 Å². The number of alkyl halides is 3. The van der Waals surface area contributed by atoms with E-state index in [1.165, 1.54) is 12.1 Å². The fourth-order valence-corrected chi connectivity index (χ4v) is 4.10. The summed E-state index contributed by atoms with van der Waals surface area (Å²) >= 11 is 1.01. The van der Waals surface area contributed by atoms with Crippen molar-refractivity contribution in [2.24, 2.45) is 0 Å². The zero-order chi connectivity index (χ0) is 22.7. The van der Waals surface area contributed by atoms with Crippen molar-refractivity contribution >= 4 is 34.3 Å². The summed E-state index contributed by atoms with van der Waals surface area (Å²) in [5.74, 6) is -0.545. The maximum absolute atomic E-state index is 13.1. The molecule has 32 heavy (non-hydrogen) atoms. The molecule has 4 aromatic rings. The SMILES string of the molecule is O=C(Nc1cccc(C(F)(F)F)c1)[C@H](Sc1nc2ccccc2c(=O)[nH]1)c1ccccc1. The number of para-hydroxylation sites is 1. The lowest BCUT2D eigenvalue weighted by molar-refractivity contribution is -0.137. The molecule has 0 aliphatic rings. The minimum Gasteiger partial charge on any atom is -0.325 e. The van der Waals surface area contributed by atoms with Crippen LogP contribution in [0.1, 0.15) is 16.4 Å². The first-order valence-corrected chi connectivity index (χ1v) is 10.4. The van der Waals surface area contributed by atoms with Gasteiger partial charge in [0.1, 0.15) is 5.25 Å². The highest BCUT2D eigenvalue weighted by Crippen LogP contribution is 2.35. The Bertz CT molecular complexity index is 1320. The third-order valence-electron chi connectivity index (χ3n) is 4.62. The lowest BCUT2D eigenvalue weighted by atomic mass is 10.1. The molecule has 1 heterocycles. The number of H-pyrrole nitrogens is 1. The molecule has 1 amide bonds. The minimum atomic E-state index is -4.52. The highest BCUT2D eigenvalue weighted by molar-refractivity contribution is 8.00. The number of rotatable bonds is 5. The number of anilines is 1. The quantitative estimate of drug-likeness (QED) is 0.312. The van der Waals surface area contributed by atoms with Gasteiger partial charge in [-0.1, -0.05) is 60.3 Å². The van der Waals surface area contributed by atoms with Crippen LogP contribution in [-0.2, 0) is 11.0 Å². The molecule has 0 radical (unpaired) electrons. The Kier molecular flexibility index (Phi) is 6.00. The molecule has 0 spiro atoms. The van der Waals surface area contributed by atoms with E-state index in [1.807, 2.05) is 0 Å². The molecule has 1 atom stereocenters. The predicted octanol–water partition coefficient (Wildman–Crippen LogP) is 5.41. The molecule has 0 aliphatic heterocycles. The van der Waals surface area contributed by atoms with Crippen LogP contribution in [-0.4, -0.2) is 15.9 Å². The van der Waals surface area contributed by atoms with Crippen molar-refractivity contribution in [3.8, 4) is 0 Å². The number of fused-ring (bicyclic) bond motifs is 1. The smallest absolute Gasteiger partial charge is 0.325 e. The van der Waals surface area contributed by atoms with Gasteiger partial charge in [0, 0.05) is 5.69 Å². The maximum Gasteiger partial charge on any atom is 0.416 e. The van der Waals surface area contributed by atoms with E-state index in [0.29, 0.717) is 16.5 Å². The third-order valence-corrected chi connectivity index (χ3v) is 5.76. The number of nitrogens with one attached hydrogen (secondary N) is 2. The van der Waals surface area contributed by atoms with Gasteiger partial charge in [-0.05, 0) is 35.9 Å². The van der Waals surface area contributed by atoms with Crippen molar-refractivity contribution in [1.82, 2.24) is 9.97 Å². The van der Waals surface area contributed by atoms with E-state index in [1.54, 1.807) is 54.6 Å². The zero-order valence-corrected chi connectivity index (χ0v) is 17.2. The number of thioether (sulfide) groups is 1. The molecule has 0 bridgehead atoms. The molecule has 0 unspecified atom stereocenters. The Morgan fingerprint density at radius 2 is 1.69 bits per heavy atom. The molecule has 0 saturated heterocycles. The monoisotopic (exact) mass is 455 g/mol. The van der Waals surface area contributed by atoms with Crippen LogP contribution < -0.4 is 10.9 Å². The highest BCUT2D eigenvalue weighted by atomic mass is 32.2. The number of aromatic nitrogens is 2. The van der Waals surface area contributed by atoms with Gasteiger partial charge in [0.05, 0.1) is 16.5 Å². The minimum absolute atomic E-state index is 0.0197. The summed E-state index contributed by atoms with van der Waals surface area (Å²) < 4.78 is 39.1. The number of amides is 1. The summed E-state index contributed by atoms with van der Waals surface area (Å²) in [5.41, 5.74) is -0.101. The summed E-state index contributed by atoms with van der Waals surface area (Å²) in [7, 11) is 0. The molecule has 1 aromatic heterocycles. The Hall–Kier alpha value is -3.59. The number of hydrogen-bond acceptors (Lipinski definition) is 4. The second-order valence-electron chi connectivity index (χ2n) is 6.86. The molecule has 2 N–H and O–H groups in total. The van der Waals surface area contributed by atoms with Crippen molar-refractivity contribution in [2.75, 3.05) is 5.32 Å². The van der Waals surface area contributed by atoms with E-state index in [2.05, 4.69) is 15.3 Å². The van der Waals surface area contributed by atoms with Gasteiger partial charge in [0.15, 0.2) is 5.16 Å². The second-order valence-corrected chi connectivity index (χ2v) is 7.96. The standard InChI is InChI=1S/C23H16F3N3O2S/c24-23(25,26)15-9-6-10-16(13-15)27-21(31)19(14-7-2-1-3-8-14)32-22-28-18-12-5-4-11-17(18)20(30)29-22/h1-13,19H,(H,27,31)(H,28,29,30)/t19-/m1/s1. The van der Waals surface area contributed by atoms with Crippen molar-refractivity contribution in [2.45, 2.75) is 16.6 Å². The molecular weight excluding hydrogens is 439 g/mol. The topological polar surface area (TPSA) is 74.8 Å². The van der Waals surface area contributed by atoms with Crippen LogP contribution in [0.4, 0.5) is 18.9 Å². The Labute approximate surface area is 184 Å². The number of aromatic amines is 1. The van der Waals surface area contributed by atoms with Gasteiger partial charge in [-0.2, -0.15) is 13.2 Å². The van der Waals surface area contributed by atoms with Crippen LogP contribution in [0.25, 0.3) is 10.9 Å². The van der Waals surface area contributed by atoms with Gasteiger partial charge in [-0.25, -0.2) is 4.98 Å². The van der Waals surface area contributed by atoms with E-state index >= 15 is 0 Å². The molecule has 9 heteroatoms. The molecule has 5 nitrogen and oxygen atoms in total. The average Bonchev–Trinajstić information content (AvgIpc) is 2.78. The average molecular weight is 455 g/mol. The number of halogens is 3. The zero-order valence-electron chi connectivity index (χ0n) is 16.4. The van der Waals surface area contributed by atoms with E-state index in [4.69, 9.17) is 0 Å². The Balaban J connectivity index is 1.66. The fourth-order valence-electron chi connectivity index (χ4n) is 3.11. The lowest BCUT2D eigenvalue weighted by Gasteiger charge is -2.17. The molecule has 162 valence electrons. The first kappa shape index (κ1) is 21.6. The van der Waals surface area contributed by atoms with Crippen molar-refractivity contribution in [3.05, 3.63) is 100 Å². The highest BCUT2D eigenvalue weighted by Gasteiger charge is 2.31. The summed E-state index contributed by atoms with van der Waals surface area (Å²) in [4.78, 5) is 32.6. The summed E-state index contributed by atoms with van der Waals surface area (Å²) in [5, 5.41) is 2.32. The van der Waals surface area contributed by atoms with Crippen molar-refractivity contribution in [1.29, 1.82) is 0 Å². The van der Waals surface area contributed by atoms with Crippen LogP contribution in [0, 0.1) is 0 Å². The van der Waals surface area contributed by atoms with E-state index in [0.717, 1.165) is 23.9 Å². The van der Waals surface area contributed by atoms with Gasteiger partial charge >= 0.3 is 6.18 Å². The van der Waals surface area contributed by atoms with Gasteiger partial charge in [-0.15, -0.1) is 0 Å². The summed E-state index contributed by atoms with van der Waals surface area (Å²) in [6, 6.07) is 20.0. The van der Waals surface area contributed by atoms with E-state index < -0.39 is 22.9 Å². The van der Waals surface area contributed by atoms with Gasteiger partial charge in [0.25, 0.3) is 5.56 Å². The Morgan fingerprint density at radius 3 is 2.44 bits per heavy atom.